The van der Waals surface area contributed by atoms with E-state index >= 15 is 0 Å². The van der Waals surface area contributed by atoms with E-state index in [0.29, 0.717) is 24.4 Å². The first-order chi connectivity index (χ1) is 12.9. The maximum atomic E-state index is 13.6. The maximum Gasteiger partial charge on any atom is 0.243 e. The smallest absolute Gasteiger partial charge is 0.243 e. The van der Waals surface area contributed by atoms with Gasteiger partial charge in [-0.05, 0) is 36.8 Å². The Labute approximate surface area is 156 Å². The van der Waals surface area contributed by atoms with E-state index < -0.39 is 21.7 Å². The second-order valence-corrected chi connectivity index (χ2v) is 8.17. The van der Waals surface area contributed by atoms with Gasteiger partial charge >= 0.3 is 0 Å². The molecule has 0 unspecified atom stereocenters. The summed E-state index contributed by atoms with van der Waals surface area (Å²) in [5, 5.41) is 6.17. The summed E-state index contributed by atoms with van der Waals surface area (Å²) in [4.78, 5) is 0.235. The molecule has 144 valence electrons. The number of hydrazone groups is 1. The largest absolute Gasteiger partial charge is 0.344 e. The Morgan fingerprint density at radius 2 is 1.78 bits per heavy atom. The molecule has 27 heavy (non-hydrogen) atoms. The molecule has 0 aromatic heterocycles. The fraction of sp³-hybridized carbons (Fsp3) is 0.278. The number of benzene rings is 2. The molecule has 6 nitrogen and oxygen atoms in total. The fourth-order valence-electron chi connectivity index (χ4n) is 2.77. The van der Waals surface area contributed by atoms with Crippen molar-refractivity contribution in [2.45, 2.75) is 11.8 Å². The Morgan fingerprint density at radius 1 is 1.11 bits per heavy atom. The number of nitrogens with one attached hydrogen (secondary N) is 1. The lowest BCUT2D eigenvalue weighted by Crippen LogP contribution is -2.89. The summed E-state index contributed by atoms with van der Waals surface area (Å²) in [6.07, 6.45) is 0. The Bertz CT molecular complexity index is 940. The lowest BCUT2D eigenvalue weighted by atomic mass is 10.1. The van der Waals surface area contributed by atoms with Gasteiger partial charge in [-0.15, -0.1) is 0 Å². The first kappa shape index (κ1) is 19.4. The van der Waals surface area contributed by atoms with Crippen LogP contribution in [0.3, 0.4) is 0 Å². The predicted octanol–water partition coefficient (Wildman–Crippen LogP) is 1.37. The van der Waals surface area contributed by atoms with Gasteiger partial charge in [0.25, 0.3) is 0 Å². The van der Waals surface area contributed by atoms with E-state index in [1.165, 1.54) is 10.4 Å². The number of nitrogens with two attached hydrogens (primary N) is 1. The Balaban J connectivity index is 1.74. The summed E-state index contributed by atoms with van der Waals surface area (Å²) in [5.41, 5.74) is 3.83. The molecule has 1 heterocycles. The minimum Gasteiger partial charge on any atom is -0.344 e. The molecule has 0 amide bonds. The minimum atomic E-state index is -3.50. The molecule has 3 N–H and O–H groups in total. The Kier molecular flexibility index (Phi) is 5.83. The zero-order valence-corrected chi connectivity index (χ0v) is 15.6. The summed E-state index contributed by atoms with van der Waals surface area (Å²) in [6.45, 7) is 4.22. The van der Waals surface area contributed by atoms with Crippen LogP contribution >= 0.6 is 0 Å². The molecule has 1 aliphatic rings. The molecule has 0 aliphatic carbocycles. The molecule has 2 aromatic rings. The van der Waals surface area contributed by atoms with E-state index in [4.69, 9.17) is 0 Å². The molecule has 0 bridgehead atoms. The van der Waals surface area contributed by atoms with Crippen LogP contribution in [0, 0.1) is 11.6 Å². The van der Waals surface area contributed by atoms with Crippen molar-refractivity contribution in [2.75, 3.05) is 31.6 Å². The number of nitrogens with zero attached hydrogens (tertiary/aromatic N) is 2. The summed E-state index contributed by atoms with van der Waals surface area (Å²) in [5.74, 6) is -1.41. The van der Waals surface area contributed by atoms with Gasteiger partial charge in [0, 0.05) is 6.07 Å². The molecule has 3 rings (SSSR count). The highest BCUT2D eigenvalue weighted by Gasteiger charge is 2.27. The van der Waals surface area contributed by atoms with Crippen LogP contribution in [0.5, 0.6) is 0 Å². The number of sulfonamides is 1. The highest BCUT2D eigenvalue weighted by Crippen LogP contribution is 2.18. The SMILES string of the molecule is C/C(=N/Nc1ccc(F)cc1F)c1ccc(S(=O)(=O)N2CC[NH2+]CC2)cc1. The summed E-state index contributed by atoms with van der Waals surface area (Å²) in [7, 11) is -3.50. The van der Waals surface area contributed by atoms with Crippen LogP contribution in [-0.2, 0) is 10.0 Å². The molecule has 1 aliphatic heterocycles. The third-order valence-corrected chi connectivity index (χ3v) is 6.26. The monoisotopic (exact) mass is 395 g/mol. The van der Waals surface area contributed by atoms with Gasteiger partial charge in [0.1, 0.15) is 5.82 Å². The lowest BCUT2D eigenvalue weighted by molar-refractivity contribution is -0.661. The van der Waals surface area contributed by atoms with Gasteiger partial charge in [0.05, 0.1) is 42.5 Å². The summed E-state index contributed by atoms with van der Waals surface area (Å²) >= 11 is 0. The van der Waals surface area contributed by atoms with Crippen molar-refractivity contribution in [3.05, 3.63) is 59.7 Å². The second kappa shape index (κ2) is 8.12. The Morgan fingerprint density at radius 3 is 2.41 bits per heavy atom. The first-order valence-electron chi connectivity index (χ1n) is 8.55. The topological polar surface area (TPSA) is 78.4 Å². The van der Waals surface area contributed by atoms with Gasteiger partial charge in [0.15, 0.2) is 5.82 Å². The van der Waals surface area contributed by atoms with Crippen LogP contribution < -0.4 is 10.7 Å². The molecular formula is C18H21F2N4O2S+. The number of hydrogen-bond donors (Lipinski definition) is 2. The molecule has 9 heteroatoms. The van der Waals surface area contributed by atoms with Crippen LogP contribution in [-0.4, -0.2) is 44.6 Å². The van der Waals surface area contributed by atoms with E-state index in [-0.39, 0.29) is 10.6 Å². The van der Waals surface area contributed by atoms with E-state index in [1.807, 2.05) is 0 Å². The number of hydrogen-bond acceptors (Lipinski definition) is 4. The zero-order chi connectivity index (χ0) is 19.4. The molecule has 0 spiro atoms. The third kappa shape index (κ3) is 4.49. The molecular weight excluding hydrogens is 374 g/mol. The lowest BCUT2D eigenvalue weighted by Gasteiger charge is -2.24. The average Bonchev–Trinajstić information content (AvgIpc) is 2.68. The number of halogens is 2. The minimum absolute atomic E-state index is 0.0526. The number of quaternary nitrogens is 1. The molecule has 2 aromatic carbocycles. The highest BCUT2D eigenvalue weighted by atomic mass is 32.2. The van der Waals surface area contributed by atoms with Crippen molar-refractivity contribution in [3.8, 4) is 0 Å². The first-order valence-corrected chi connectivity index (χ1v) is 9.99. The van der Waals surface area contributed by atoms with Gasteiger partial charge in [-0.25, -0.2) is 17.2 Å². The van der Waals surface area contributed by atoms with Crippen molar-refractivity contribution in [1.29, 1.82) is 0 Å². The third-order valence-electron chi connectivity index (χ3n) is 4.35. The van der Waals surface area contributed by atoms with Crippen LogP contribution in [0.1, 0.15) is 12.5 Å². The second-order valence-electron chi connectivity index (χ2n) is 6.23. The molecule has 0 radical (unpaired) electrons. The summed E-state index contributed by atoms with van der Waals surface area (Å²) < 4.78 is 53.3. The van der Waals surface area contributed by atoms with Gasteiger partial charge in [-0.2, -0.15) is 9.41 Å². The average molecular weight is 395 g/mol. The molecule has 0 atom stereocenters. The predicted molar refractivity (Wildman–Crippen MR) is 99.1 cm³/mol. The maximum absolute atomic E-state index is 13.6. The number of rotatable bonds is 5. The normalized spacial score (nSPS) is 16.3. The van der Waals surface area contributed by atoms with Crippen molar-refractivity contribution in [3.63, 3.8) is 0 Å². The van der Waals surface area contributed by atoms with Gasteiger partial charge < -0.3 is 5.32 Å². The van der Waals surface area contributed by atoms with Crippen LogP contribution in [0.4, 0.5) is 14.5 Å². The van der Waals surface area contributed by atoms with Gasteiger partial charge in [-0.1, -0.05) is 12.1 Å². The van der Waals surface area contributed by atoms with Gasteiger partial charge in [-0.3, -0.25) is 5.43 Å². The summed E-state index contributed by atoms with van der Waals surface area (Å²) in [6, 6.07) is 9.56. The quantitative estimate of drug-likeness (QED) is 0.593. The van der Waals surface area contributed by atoms with E-state index in [1.54, 1.807) is 31.2 Å². The number of piperazine rings is 1. The standard InChI is InChI=1S/C18H20F2N4O2S/c1-13(22-23-18-7-4-15(19)12-17(18)20)14-2-5-16(6-3-14)27(25,26)24-10-8-21-9-11-24/h2-7,12,21,23H,8-11H2,1H3/p+1/b22-13-. The Hall–Kier alpha value is -2.36. The fourth-order valence-corrected chi connectivity index (χ4v) is 4.24. The van der Waals surface area contributed by atoms with E-state index in [9.17, 15) is 17.2 Å². The van der Waals surface area contributed by atoms with E-state index in [2.05, 4.69) is 15.8 Å². The van der Waals surface area contributed by atoms with Crippen molar-refractivity contribution in [1.82, 2.24) is 4.31 Å². The van der Waals surface area contributed by atoms with Crippen molar-refractivity contribution in [2.24, 2.45) is 5.10 Å². The van der Waals surface area contributed by atoms with Gasteiger partial charge in [0.2, 0.25) is 10.0 Å². The van der Waals surface area contributed by atoms with Crippen LogP contribution in [0.2, 0.25) is 0 Å². The van der Waals surface area contributed by atoms with E-state index in [0.717, 1.165) is 25.2 Å². The van der Waals surface area contributed by atoms with Crippen LogP contribution in [0.15, 0.2) is 52.5 Å². The molecule has 1 fully saturated rings. The van der Waals surface area contributed by atoms with Crippen molar-refractivity contribution >= 4 is 21.4 Å². The number of anilines is 1. The highest BCUT2D eigenvalue weighted by molar-refractivity contribution is 7.89. The zero-order valence-electron chi connectivity index (χ0n) is 14.8. The van der Waals surface area contributed by atoms with Crippen molar-refractivity contribution < 1.29 is 22.5 Å². The molecule has 1 saturated heterocycles. The molecule has 0 saturated carbocycles. The van der Waals surface area contributed by atoms with Crippen LogP contribution in [0.25, 0.3) is 0 Å².